The third-order valence-electron chi connectivity index (χ3n) is 6.34. The van der Waals surface area contributed by atoms with Crippen LogP contribution in [-0.4, -0.2) is 0 Å². The van der Waals surface area contributed by atoms with Crippen LogP contribution in [0.25, 0.3) is 39.0 Å². The molecule has 0 atom stereocenters. The smallest absolute Gasteiger partial charge is 0.219 e. The standard InChI is InChI=1S/C32H30N.ClH/c1-23-18-20-25(21-19-23)31-22-27(24-12-6-5-7-13-24)26-14-8-10-16-29(26)33(31)30-17-11-9-15-28(30)32(2,3)4;/h5-22H,1-4H3;1H/q+1;/p-1. The molecule has 170 valence electrons. The lowest BCUT2D eigenvalue weighted by atomic mass is 9.85. The van der Waals surface area contributed by atoms with Crippen molar-refractivity contribution >= 4 is 10.9 Å². The predicted molar refractivity (Wildman–Crippen MR) is 140 cm³/mol. The van der Waals surface area contributed by atoms with Gasteiger partial charge in [0.15, 0.2) is 0 Å². The Morgan fingerprint density at radius 1 is 0.618 bits per heavy atom. The molecule has 1 heterocycles. The summed E-state index contributed by atoms with van der Waals surface area (Å²) in [6, 6.07) is 39.6. The first-order chi connectivity index (χ1) is 15.9. The van der Waals surface area contributed by atoms with Crippen LogP contribution in [0.15, 0.2) is 109 Å². The summed E-state index contributed by atoms with van der Waals surface area (Å²) in [7, 11) is 0. The van der Waals surface area contributed by atoms with Gasteiger partial charge in [-0.05, 0) is 36.1 Å². The lowest BCUT2D eigenvalue weighted by molar-refractivity contribution is -0.555. The highest BCUT2D eigenvalue weighted by Gasteiger charge is 2.29. The Morgan fingerprint density at radius 2 is 1.24 bits per heavy atom. The van der Waals surface area contributed by atoms with Crippen molar-refractivity contribution in [1.29, 1.82) is 0 Å². The van der Waals surface area contributed by atoms with E-state index in [0.717, 1.165) is 0 Å². The molecule has 0 aliphatic heterocycles. The third-order valence-corrected chi connectivity index (χ3v) is 6.34. The van der Waals surface area contributed by atoms with Crippen LogP contribution >= 0.6 is 0 Å². The molecule has 1 nitrogen and oxygen atoms in total. The van der Waals surface area contributed by atoms with Crippen molar-refractivity contribution in [3.63, 3.8) is 0 Å². The van der Waals surface area contributed by atoms with Gasteiger partial charge in [0.05, 0.1) is 5.39 Å². The van der Waals surface area contributed by atoms with Gasteiger partial charge >= 0.3 is 0 Å². The van der Waals surface area contributed by atoms with Crippen molar-refractivity contribution in [3.05, 3.63) is 120 Å². The van der Waals surface area contributed by atoms with Crippen LogP contribution in [-0.2, 0) is 5.41 Å². The lowest BCUT2D eigenvalue weighted by Crippen LogP contribution is -3.00. The van der Waals surface area contributed by atoms with Crippen LogP contribution in [0.5, 0.6) is 0 Å². The monoisotopic (exact) mass is 463 g/mol. The molecule has 0 bridgehead atoms. The number of aryl methyl sites for hydroxylation is 1. The van der Waals surface area contributed by atoms with Crippen LogP contribution in [0.4, 0.5) is 0 Å². The first kappa shape index (κ1) is 23.7. The highest BCUT2D eigenvalue weighted by molar-refractivity contribution is 5.94. The number of fused-ring (bicyclic) bond motifs is 1. The average molecular weight is 464 g/mol. The van der Waals surface area contributed by atoms with E-state index in [1.807, 2.05) is 0 Å². The minimum Gasteiger partial charge on any atom is -1.00 e. The molecular weight excluding hydrogens is 434 g/mol. The van der Waals surface area contributed by atoms with Gasteiger partial charge in [0, 0.05) is 34.9 Å². The summed E-state index contributed by atoms with van der Waals surface area (Å²) in [5.41, 5.74) is 9.97. The molecule has 0 aliphatic rings. The predicted octanol–water partition coefficient (Wildman–Crippen LogP) is 5.06. The summed E-state index contributed by atoms with van der Waals surface area (Å²) in [5, 5.41) is 1.25. The normalized spacial score (nSPS) is 11.3. The van der Waals surface area contributed by atoms with E-state index < -0.39 is 0 Å². The molecule has 0 saturated carbocycles. The van der Waals surface area contributed by atoms with Gasteiger partial charge < -0.3 is 12.4 Å². The molecule has 0 radical (unpaired) electrons. The zero-order valence-corrected chi connectivity index (χ0v) is 21.0. The molecule has 2 heteroatoms. The minimum absolute atomic E-state index is 0. The average Bonchev–Trinajstić information content (AvgIpc) is 2.83. The first-order valence-corrected chi connectivity index (χ1v) is 11.6. The van der Waals surface area contributed by atoms with E-state index in [0.29, 0.717) is 0 Å². The summed E-state index contributed by atoms with van der Waals surface area (Å²) in [5.74, 6) is 0. The molecule has 0 N–H and O–H groups in total. The van der Waals surface area contributed by atoms with E-state index in [4.69, 9.17) is 0 Å². The fraction of sp³-hybridized carbons (Fsp3) is 0.156. The lowest BCUT2D eigenvalue weighted by Gasteiger charge is -2.21. The van der Waals surface area contributed by atoms with Crippen LogP contribution in [0, 0.1) is 6.92 Å². The van der Waals surface area contributed by atoms with Gasteiger partial charge in [-0.2, -0.15) is 4.57 Å². The second-order valence-corrected chi connectivity index (χ2v) is 9.80. The van der Waals surface area contributed by atoms with Crippen molar-refractivity contribution in [2.75, 3.05) is 0 Å². The quantitative estimate of drug-likeness (QED) is 0.329. The van der Waals surface area contributed by atoms with Gasteiger partial charge in [0.2, 0.25) is 16.9 Å². The van der Waals surface area contributed by atoms with Crippen LogP contribution in [0.3, 0.4) is 0 Å². The van der Waals surface area contributed by atoms with Crippen LogP contribution < -0.4 is 17.0 Å². The number of pyridine rings is 1. The summed E-state index contributed by atoms with van der Waals surface area (Å²) in [6.07, 6.45) is 0. The van der Waals surface area contributed by atoms with Crippen molar-refractivity contribution in [3.8, 4) is 28.1 Å². The molecule has 0 amide bonds. The maximum absolute atomic E-state index is 2.45. The van der Waals surface area contributed by atoms with Crippen molar-refractivity contribution in [2.24, 2.45) is 0 Å². The molecule has 4 aromatic carbocycles. The van der Waals surface area contributed by atoms with Gasteiger partial charge in [0.25, 0.3) is 0 Å². The Balaban J connectivity index is 0.00000274. The largest absolute Gasteiger partial charge is 1.00 e. The Hall–Kier alpha value is -3.42. The van der Waals surface area contributed by atoms with E-state index in [1.165, 1.54) is 50.1 Å². The van der Waals surface area contributed by atoms with E-state index >= 15 is 0 Å². The molecule has 5 rings (SSSR count). The fourth-order valence-electron chi connectivity index (χ4n) is 4.66. The molecule has 0 fully saturated rings. The number of hydrogen-bond donors (Lipinski definition) is 0. The van der Waals surface area contributed by atoms with Gasteiger partial charge in [-0.25, -0.2) is 0 Å². The second-order valence-electron chi connectivity index (χ2n) is 9.80. The van der Waals surface area contributed by atoms with E-state index in [9.17, 15) is 0 Å². The number of hydrogen-bond acceptors (Lipinski definition) is 0. The SMILES string of the molecule is Cc1ccc(-c2cc(-c3ccccc3)c3ccccc3[n+]2-c2ccccc2C(C)(C)C)cc1.[Cl-]. The zero-order valence-electron chi connectivity index (χ0n) is 20.2. The zero-order chi connectivity index (χ0) is 23.0. The Kier molecular flexibility index (Phi) is 6.59. The fourth-order valence-corrected chi connectivity index (χ4v) is 4.66. The number of para-hydroxylation sites is 2. The van der Waals surface area contributed by atoms with E-state index in [1.54, 1.807) is 0 Å². The van der Waals surface area contributed by atoms with Gasteiger partial charge in [-0.1, -0.05) is 99.1 Å². The Bertz CT molecular complexity index is 1430. The van der Waals surface area contributed by atoms with E-state index in [2.05, 4.69) is 141 Å². The molecule has 1 aromatic heterocycles. The second kappa shape index (κ2) is 9.44. The topological polar surface area (TPSA) is 3.88 Å². The molecule has 0 saturated heterocycles. The maximum Gasteiger partial charge on any atom is 0.219 e. The number of rotatable bonds is 3. The van der Waals surface area contributed by atoms with Crippen LogP contribution in [0.2, 0.25) is 0 Å². The van der Waals surface area contributed by atoms with Crippen molar-refractivity contribution in [2.45, 2.75) is 33.1 Å². The number of benzene rings is 4. The van der Waals surface area contributed by atoms with Gasteiger partial charge in [0.1, 0.15) is 0 Å². The summed E-state index contributed by atoms with van der Waals surface area (Å²) in [6.45, 7) is 9.01. The van der Waals surface area contributed by atoms with E-state index in [-0.39, 0.29) is 17.8 Å². The van der Waals surface area contributed by atoms with Crippen molar-refractivity contribution in [1.82, 2.24) is 0 Å². The Morgan fingerprint density at radius 3 is 1.94 bits per heavy atom. The molecule has 5 aromatic rings. The minimum atomic E-state index is 0. The number of halogens is 1. The highest BCUT2D eigenvalue weighted by Crippen LogP contribution is 2.34. The van der Waals surface area contributed by atoms with Gasteiger partial charge in [-0.15, -0.1) is 0 Å². The summed E-state index contributed by atoms with van der Waals surface area (Å²) < 4.78 is 2.45. The van der Waals surface area contributed by atoms with Crippen molar-refractivity contribution < 1.29 is 17.0 Å². The maximum atomic E-state index is 2.45. The molecular formula is C32H30ClN. The third kappa shape index (κ3) is 4.36. The molecule has 0 spiro atoms. The van der Waals surface area contributed by atoms with Crippen LogP contribution in [0.1, 0.15) is 31.9 Å². The molecule has 0 unspecified atom stereocenters. The summed E-state index contributed by atoms with van der Waals surface area (Å²) in [4.78, 5) is 0. The summed E-state index contributed by atoms with van der Waals surface area (Å²) >= 11 is 0. The first-order valence-electron chi connectivity index (χ1n) is 11.6. The number of aromatic nitrogens is 1. The van der Waals surface area contributed by atoms with Gasteiger partial charge in [-0.3, -0.25) is 0 Å². The Labute approximate surface area is 209 Å². The number of nitrogens with zero attached hydrogens (tertiary/aromatic N) is 1. The highest BCUT2D eigenvalue weighted by atomic mass is 35.5. The molecule has 34 heavy (non-hydrogen) atoms. The molecule has 0 aliphatic carbocycles.